The van der Waals surface area contributed by atoms with E-state index in [0.29, 0.717) is 0 Å². The highest BCUT2D eigenvalue weighted by molar-refractivity contribution is 5.86. The fourth-order valence-corrected chi connectivity index (χ4v) is 2.31. The molecule has 0 aliphatic rings. The van der Waals surface area contributed by atoms with Gasteiger partial charge in [0.05, 0.1) is 14.2 Å². The van der Waals surface area contributed by atoms with Gasteiger partial charge < -0.3 is 14.8 Å². The molecule has 0 radical (unpaired) electrons. The Kier molecular flexibility index (Phi) is 3.65. The van der Waals surface area contributed by atoms with Crippen LogP contribution in [0.4, 0.5) is 11.4 Å². The number of benzene rings is 3. The predicted octanol–water partition coefficient (Wildman–Crippen LogP) is 4.60. The van der Waals surface area contributed by atoms with Crippen molar-refractivity contribution in [3.63, 3.8) is 0 Å². The highest BCUT2D eigenvalue weighted by Gasteiger charge is 2.03. The Hall–Kier alpha value is -2.68. The van der Waals surface area contributed by atoms with Gasteiger partial charge in [-0.15, -0.1) is 0 Å². The minimum absolute atomic E-state index is 0.762. The summed E-state index contributed by atoms with van der Waals surface area (Å²) in [6.07, 6.45) is 0. The molecule has 0 spiro atoms. The van der Waals surface area contributed by atoms with E-state index < -0.39 is 0 Å². The van der Waals surface area contributed by atoms with Crippen LogP contribution in [-0.4, -0.2) is 14.2 Å². The van der Waals surface area contributed by atoms with Crippen LogP contribution in [0.25, 0.3) is 10.8 Å². The van der Waals surface area contributed by atoms with Crippen LogP contribution in [0.15, 0.2) is 60.7 Å². The highest BCUT2D eigenvalue weighted by Crippen LogP contribution is 2.29. The summed E-state index contributed by atoms with van der Waals surface area (Å²) in [6, 6.07) is 20.3. The van der Waals surface area contributed by atoms with Crippen molar-refractivity contribution in [2.24, 2.45) is 0 Å². The van der Waals surface area contributed by atoms with E-state index in [4.69, 9.17) is 9.47 Å². The molecular weight excluding hydrogens is 262 g/mol. The lowest BCUT2D eigenvalue weighted by Crippen LogP contribution is -1.93. The van der Waals surface area contributed by atoms with E-state index in [1.807, 2.05) is 30.3 Å². The van der Waals surface area contributed by atoms with Gasteiger partial charge in [-0.2, -0.15) is 0 Å². The van der Waals surface area contributed by atoms with Crippen LogP contribution >= 0.6 is 0 Å². The third kappa shape index (κ3) is 2.92. The van der Waals surface area contributed by atoms with Gasteiger partial charge in [-0.3, -0.25) is 0 Å². The Labute approximate surface area is 124 Å². The van der Waals surface area contributed by atoms with E-state index in [2.05, 4.69) is 35.6 Å². The molecule has 0 saturated carbocycles. The average Bonchev–Trinajstić information content (AvgIpc) is 2.54. The van der Waals surface area contributed by atoms with Gasteiger partial charge in [0, 0.05) is 29.6 Å². The van der Waals surface area contributed by atoms with E-state index in [9.17, 15) is 0 Å². The first kappa shape index (κ1) is 13.3. The van der Waals surface area contributed by atoms with E-state index in [-0.39, 0.29) is 0 Å². The second-order valence-electron chi connectivity index (χ2n) is 4.79. The van der Waals surface area contributed by atoms with Crippen LogP contribution in [0.1, 0.15) is 0 Å². The van der Waals surface area contributed by atoms with Crippen molar-refractivity contribution < 1.29 is 9.47 Å². The molecule has 3 heteroatoms. The second-order valence-corrected chi connectivity index (χ2v) is 4.79. The average molecular weight is 279 g/mol. The van der Waals surface area contributed by atoms with Gasteiger partial charge in [0.1, 0.15) is 11.5 Å². The van der Waals surface area contributed by atoms with Gasteiger partial charge in [-0.05, 0) is 22.9 Å². The summed E-state index contributed by atoms with van der Waals surface area (Å²) >= 11 is 0. The maximum absolute atomic E-state index is 5.29. The van der Waals surface area contributed by atoms with Crippen molar-refractivity contribution in [1.29, 1.82) is 0 Å². The third-order valence-corrected chi connectivity index (χ3v) is 3.39. The lowest BCUT2D eigenvalue weighted by atomic mass is 10.1. The second kappa shape index (κ2) is 5.75. The zero-order valence-corrected chi connectivity index (χ0v) is 12.1. The van der Waals surface area contributed by atoms with Crippen molar-refractivity contribution in [2.45, 2.75) is 0 Å². The van der Waals surface area contributed by atoms with Crippen molar-refractivity contribution in [1.82, 2.24) is 0 Å². The number of ether oxygens (including phenoxy) is 2. The molecule has 0 heterocycles. The topological polar surface area (TPSA) is 30.5 Å². The summed E-state index contributed by atoms with van der Waals surface area (Å²) in [4.78, 5) is 0. The van der Waals surface area contributed by atoms with Crippen LogP contribution in [0.2, 0.25) is 0 Å². The minimum Gasteiger partial charge on any atom is -0.497 e. The van der Waals surface area contributed by atoms with Gasteiger partial charge in [-0.25, -0.2) is 0 Å². The first-order chi connectivity index (χ1) is 10.3. The fraction of sp³-hybridized carbons (Fsp3) is 0.111. The monoisotopic (exact) mass is 279 g/mol. The molecule has 1 N–H and O–H groups in total. The molecule has 0 saturated heterocycles. The Morgan fingerprint density at radius 1 is 0.667 bits per heavy atom. The zero-order valence-electron chi connectivity index (χ0n) is 12.1. The third-order valence-electron chi connectivity index (χ3n) is 3.39. The van der Waals surface area contributed by atoms with E-state index in [0.717, 1.165) is 22.9 Å². The number of methoxy groups -OCH3 is 2. The first-order valence-electron chi connectivity index (χ1n) is 6.77. The summed E-state index contributed by atoms with van der Waals surface area (Å²) in [5, 5.41) is 5.82. The lowest BCUT2D eigenvalue weighted by Gasteiger charge is -2.11. The minimum atomic E-state index is 0.762. The number of fused-ring (bicyclic) bond motifs is 1. The number of rotatable bonds is 4. The number of anilines is 2. The van der Waals surface area contributed by atoms with Crippen molar-refractivity contribution in [2.75, 3.05) is 19.5 Å². The van der Waals surface area contributed by atoms with E-state index in [1.165, 1.54) is 10.8 Å². The standard InChI is InChI=1S/C18H17NO2/c1-20-17-10-16(11-18(12-17)21-2)19-15-8-7-13-5-3-4-6-14(13)9-15/h3-12,19H,1-2H3. The molecule has 0 unspecified atom stereocenters. The zero-order chi connectivity index (χ0) is 14.7. The molecule has 3 nitrogen and oxygen atoms in total. The highest BCUT2D eigenvalue weighted by atomic mass is 16.5. The molecule has 0 aromatic heterocycles. The molecule has 0 amide bonds. The molecule has 0 bridgehead atoms. The van der Waals surface area contributed by atoms with E-state index >= 15 is 0 Å². The van der Waals surface area contributed by atoms with Crippen LogP contribution in [0.5, 0.6) is 11.5 Å². The van der Waals surface area contributed by atoms with E-state index in [1.54, 1.807) is 14.2 Å². The molecule has 0 aliphatic carbocycles. The fourth-order valence-electron chi connectivity index (χ4n) is 2.31. The molecule has 21 heavy (non-hydrogen) atoms. The van der Waals surface area contributed by atoms with Crippen LogP contribution < -0.4 is 14.8 Å². The quantitative estimate of drug-likeness (QED) is 0.757. The molecule has 3 aromatic carbocycles. The largest absolute Gasteiger partial charge is 0.497 e. The van der Waals surface area contributed by atoms with Gasteiger partial charge in [0.2, 0.25) is 0 Å². The number of nitrogens with one attached hydrogen (secondary N) is 1. The van der Waals surface area contributed by atoms with Gasteiger partial charge in [-0.1, -0.05) is 30.3 Å². The first-order valence-corrected chi connectivity index (χ1v) is 6.77. The molecule has 0 fully saturated rings. The summed E-state index contributed by atoms with van der Waals surface area (Å²) < 4.78 is 10.6. The van der Waals surface area contributed by atoms with Gasteiger partial charge in [0.25, 0.3) is 0 Å². The van der Waals surface area contributed by atoms with Crippen molar-refractivity contribution in [3.05, 3.63) is 60.7 Å². The molecule has 3 rings (SSSR count). The van der Waals surface area contributed by atoms with Crippen molar-refractivity contribution in [3.8, 4) is 11.5 Å². The maximum Gasteiger partial charge on any atom is 0.124 e. The van der Waals surface area contributed by atoms with Crippen molar-refractivity contribution >= 4 is 22.1 Å². The molecule has 3 aromatic rings. The van der Waals surface area contributed by atoms with Crippen LogP contribution in [0.3, 0.4) is 0 Å². The van der Waals surface area contributed by atoms with Gasteiger partial charge in [0.15, 0.2) is 0 Å². The summed E-state index contributed by atoms with van der Waals surface area (Å²) in [6.45, 7) is 0. The molecule has 0 atom stereocenters. The normalized spacial score (nSPS) is 10.4. The molecule has 106 valence electrons. The van der Waals surface area contributed by atoms with Crippen LogP contribution in [0, 0.1) is 0 Å². The Balaban J connectivity index is 1.94. The number of hydrogen-bond acceptors (Lipinski definition) is 3. The summed E-state index contributed by atoms with van der Waals surface area (Å²) in [5.41, 5.74) is 1.96. The molecule has 0 aliphatic heterocycles. The summed E-state index contributed by atoms with van der Waals surface area (Å²) in [5.74, 6) is 1.52. The lowest BCUT2D eigenvalue weighted by molar-refractivity contribution is 0.395. The Morgan fingerprint density at radius 3 is 2.00 bits per heavy atom. The number of hydrogen-bond donors (Lipinski definition) is 1. The predicted molar refractivity (Wildman–Crippen MR) is 86.8 cm³/mol. The smallest absolute Gasteiger partial charge is 0.124 e. The summed E-state index contributed by atoms with van der Waals surface area (Å²) in [7, 11) is 3.29. The van der Waals surface area contributed by atoms with Crippen LogP contribution in [-0.2, 0) is 0 Å². The maximum atomic E-state index is 5.29. The Morgan fingerprint density at radius 2 is 1.33 bits per heavy atom. The Bertz CT molecular complexity index is 746. The molecular formula is C18H17NO2. The van der Waals surface area contributed by atoms with Gasteiger partial charge >= 0.3 is 0 Å². The SMILES string of the molecule is COc1cc(Nc2ccc3ccccc3c2)cc(OC)c1.